The van der Waals surface area contributed by atoms with Crippen molar-refractivity contribution in [2.45, 2.75) is 180 Å². The van der Waals surface area contributed by atoms with E-state index < -0.39 is 0 Å². The van der Waals surface area contributed by atoms with Crippen LogP contribution >= 0.6 is 11.6 Å². The fraction of sp³-hybridized carbons (Fsp3) is 1.00. The molecule has 0 saturated heterocycles. The standard InChI is InChI=1S/C29H59Cl/c1-4-6-8-10-12-14-15-16-17-18-19-21-23-25-27-29(28(3)30)26-24-22-20-13-11-9-7-5-2/h28-29H,4-27H2,1-3H3. The first-order chi connectivity index (χ1) is 14.7. The molecule has 0 amide bonds. The van der Waals surface area contributed by atoms with Crippen LogP contribution in [0, 0.1) is 5.92 Å². The van der Waals surface area contributed by atoms with Gasteiger partial charge in [-0.15, -0.1) is 11.6 Å². The van der Waals surface area contributed by atoms with Gasteiger partial charge in [0.05, 0.1) is 0 Å². The van der Waals surface area contributed by atoms with E-state index in [1.807, 2.05) is 0 Å². The van der Waals surface area contributed by atoms with Crippen molar-refractivity contribution in [3.8, 4) is 0 Å². The van der Waals surface area contributed by atoms with Gasteiger partial charge < -0.3 is 0 Å². The third kappa shape index (κ3) is 23.0. The van der Waals surface area contributed by atoms with Crippen molar-refractivity contribution < 1.29 is 0 Å². The molecule has 0 saturated carbocycles. The minimum Gasteiger partial charge on any atom is -0.123 e. The average Bonchev–Trinajstić information content (AvgIpc) is 2.74. The Kier molecular flexibility index (Phi) is 25.8. The highest BCUT2D eigenvalue weighted by Gasteiger charge is 2.14. The Morgan fingerprint density at radius 1 is 0.400 bits per heavy atom. The smallest absolute Gasteiger partial charge is 0.0336 e. The quantitative estimate of drug-likeness (QED) is 0.0972. The molecule has 0 aromatic heterocycles. The lowest BCUT2D eigenvalue weighted by atomic mass is 9.91. The summed E-state index contributed by atoms with van der Waals surface area (Å²) in [7, 11) is 0. The maximum absolute atomic E-state index is 6.50. The normalized spacial score (nSPS) is 13.6. The van der Waals surface area contributed by atoms with Gasteiger partial charge in [-0.1, -0.05) is 155 Å². The summed E-state index contributed by atoms with van der Waals surface area (Å²) in [4.78, 5) is 0. The molecule has 1 heteroatoms. The van der Waals surface area contributed by atoms with Crippen LogP contribution in [0.1, 0.15) is 175 Å². The maximum atomic E-state index is 6.50. The second-order valence-electron chi connectivity index (χ2n) is 10.1. The van der Waals surface area contributed by atoms with E-state index in [2.05, 4.69) is 20.8 Å². The zero-order valence-electron chi connectivity index (χ0n) is 21.5. The van der Waals surface area contributed by atoms with E-state index in [0.29, 0.717) is 5.38 Å². The van der Waals surface area contributed by atoms with E-state index in [0.717, 1.165) is 5.92 Å². The molecule has 0 fully saturated rings. The third-order valence-corrected chi connectivity index (χ3v) is 7.36. The number of rotatable bonds is 25. The minimum atomic E-state index is 0.358. The summed E-state index contributed by atoms with van der Waals surface area (Å²) in [6.45, 7) is 6.82. The van der Waals surface area contributed by atoms with Gasteiger partial charge in [0.25, 0.3) is 0 Å². The largest absolute Gasteiger partial charge is 0.123 e. The van der Waals surface area contributed by atoms with Crippen molar-refractivity contribution in [3.05, 3.63) is 0 Å². The SMILES string of the molecule is CCCCCCCCCCCCCCCCC(CCCCCCCCCC)C(C)Cl. The molecule has 0 heterocycles. The number of hydrogen-bond donors (Lipinski definition) is 0. The van der Waals surface area contributed by atoms with Gasteiger partial charge in [-0.3, -0.25) is 0 Å². The van der Waals surface area contributed by atoms with Crippen LogP contribution in [0.2, 0.25) is 0 Å². The predicted molar refractivity (Wildman–Crippen MR) is 141 cm³/mol. The number of unbranched alkanes of at least 4 members (excludes halogenated alkanes) is 20. The predicted octanol–water partition coefficient (Wildman–Crippen LogP) is 11.6. The third-order valence-electron chi connectivity index (χ3n) is 7.01. The zero-order valence-corrected chi connectivity index (χ0v) is 22.3. The molecule has 0 N–H and O–H groups in total. The van der Waals surface area contributed by atoms with E-state index >= 15 is 0 Å². The van der Waals surface area contributed by atoms with E-state index in [1.54, 1.807) is 0 Å². The van der Waals surface area contributed by atoms with Gasteiger partial charge in [0.1, 0.15) is 0 Å². The lowest BCUT2D eigenvalue weighted by Gasteiger charge is -2.19. The van der Waals surface area contributed by atoms with Crippen LogP contribution in [0.5, 0.6) is 0 Å². The van der Waals surface area contributed by atoms with Crippen molar-refractivity contribution >= 4 is 11.6 Å². The number of hydrogen-bond acceptors (Lipinski definition) is 0. The second-order valence-corrected chi connectivity index (χ2v) is 10.8. The van der Waals surface area contributed by atoms with Gasteiger partial charge in [-0.25, -0.2) is 0 Å². The number of alkyl halides is 1. The summed E-state index contributed by atoms with van der Waals surface area (Å²) in [5.41, 5.74) is 0. The molecule has 182 valence electrons. The fourth-order valence-electron chi connectivity index (χ4n) is 4.75. The highest BCUT2D eigenvalue weighted by molar-refractivity contribution is 6.20. The van der Waals surface area contributed by atoms with Gasteiger partial charge in [0.2, 0.25) is 0 Å². The Labute approximate surface area is 197 Å². The lowest BCUT2D eigenvalue weighted by Crippen LogP contribution is -2.11. The van der Waals surface area contributed by atoms with Crippen LogP contribution in [-0.2, 0) is 0 Å². The summed E-state index contributed by atoms with van der Waals surface area (Å²) in [6.07, 6.45) is 34.3. The van der Waals surface area contributed by atoms with Crippen molar-refractivity contribution in [1.29, 1.82) is 0 Å². The fourth-order valence-corrected chi connectivity index (χ4v) is 5.00. The Balaban J connectivity index is 3.39. The monoisotopic (exact) mass is 442 g/mol. The van der Waals surface area contributed by atoms with Crippen LogP contribution in [-0.4, -0.2) is 5.38 Å². The molecule has 2 unspecified atom stereocenters. The Hall–Kier alpha value is 0.290. The summed E-state index contributed by atoms with van der Waals surface area (Å²) < 4.78 is 0. The summed E-state index contributed by atoms with van der Waals surface area (Å²) in [6, 6.07) is 0. The molecule has 0 rings (SSSR count). The summed E-state index contributed by atoms with van der Waals surface area (Å²) >= 11 is 6.50. The first kappa shape index (κ1) is 30.3. The second kappa shape index (κ2) is 25.5. The molecule has 30 heavy (non-hydrogen) atoms. The van der Waals surface area contributed by atoms with E-state index in [-0.39, 0.29) is 0 Å². The van der Waals surface area contributed by atoms with Gasteiger partial charge in [0, 0.05) is 5.38 Å². The van der Waals surface area contributed by atoms with Crippen LogP contribution in [0.15, 0.2) is 0 Å². The van der Waals surface area contributed by atoms with Crippen LogP contribution in [0.25, 0.3) is 0 Å². The molecule has 0 aliphatic carbocycles. The van der Waals surface area contributed by atoms with Gasteiger partial charge in [-0.2, -0.15) is 0 Å². The van der Waals surface area contributed by atoms with Crippen molar-refractivity contribution in [3.63, 3.8) is 0 Å². The van der Waals surface area contributed by atoms with Crippen LogP contribution in [0.3, 0.4) is 0 Å². The van der Waals surface area contributed by atoms with E-state index in [1.165, 1.54) is 154 Å². The number of halogens is 1. The topological polar surface area (TPSA) is 0 Å². The molecule has 0 aromatic carbocycles. The van der Waals surface area contributed by atoms with Crippen molar-refractivity contribution in [1.82, 2.24) is 0 Å². The molecule has 0 radical (unpaired) electrons. The molecule has 2 atom stereocenters. The molecular formula is C29H59Cl. The minimum absolute atomic E-state index is 0.358. The Morgan fingerprint density at radius 3 is 0.867 bits per heavy atom. The molecule has 0 aliphatic rings. The van der Waals surface area contributed by atoms with Gasteiger partial charge in [0.15, 0.2) is 0 Å². The molecular weight excluding hydrogens is 384 g/mol. The molecule has 0 bridgehead atoms. The molecule has 0 aliphatic heterocycles. The summed E-state index contributed by atoms with van der Waals surface area (Å²) in [5.74, 6) is 0.754. The van der Waals surface area contributed by atoms with E-state index in [4.69, 9.17) is 11.6 Å². The maximum Gasteiger partial charge on any atom is 0.0336 e. The Morgan fingerprint density at radius 2 is 0.633 bits per heavy atom. The van der Waals surface area contributed by atoms with E-state index in [9.17, 15) is 0 Å². The van der Waals surface area contributed by atoms with Crippen molar-refractivity contribution in [2.24, 2.45) is 5.92 Å². The first-order valence-electron chi connectivity index (χ1n) is 14.4. The zero-order chi connectivity index (χ0) is 22.1. The Bertz CT molecular complexity index is 299. The average molecular weight is 443 g/mol. The first-order valence-corrected chi connectivity index (χ1v) is 14.8. The highest BCUT2D eigenvalue weighted by atomic mass is 35.5. The van der Waals surface area contributed by atoms with Crippen molar-refractivity contribution in [2.75, 3.05) is 0 Å². The van der Waals surface area contributed by atoms with Gasteiger partial charge >= 0.3 is 0 Å². The molecule has 0 spiro atoms. The van der Waals surface area contributed by atoms with Gasteiger partial charge in [-0.05, 0) is 25.7 Å². The van der Waals surface area contributed by atoms with Crippen LogP contribution in [0.4, 0.5) is 0 Å². The van der Waals surface area contributed by atoms with Crippen LogP contribution < -0.4 is 0 Å². The summed E-state index contributed by atoms with van der Waals surface area (Å²) in [5, 5.41) is 0.358. The molecule has 0 nitrogen and oxygen atoms in total. The lowest BCUT2D eigenvalue weighted by molar-refractivity contribution is 0.396. The molecule has 0 aromatic rings. The highest BCUT2D eigenvalue weighted by Crippen LogP contribution is 2.25.